The van der Waals surface area contributed by atoms with Crippen molar-refractivity contribution in [2.75, 3.05) is 23.1 Å². The van der Waals surface area contributed by atoms with E-state index in [9.17, 15) is 14.9 Å². The van der Waals surface area contributed by atoms with Crippen LogP contribution >= 0.6 is 34.7 Å². The summed E-state index contributed by atoms with van der Waals surface area (Å²) in [6.45, 7) is 6.07. The Morgan fingerprint density at radius 1 is 1.29 bits per heavy atom. The molecule has 0 spiro atoms. The van der Waals surface area contributed by atoms with Gasteiger partial charge in [-0.15, -0.1) is 10.2 Å². The Morgan fingerprint density at radius 3 is 2.79 bits per heavy atom. The lowest BCUT2D eigenvalue weighted by atomic mass is 9.68. The Bertz CT molecular complexity index is 1690. The Hall–Kier alpha value is -3.85. The summed E-state index contributed by atoms with van der Waals surface area (Å²) < 4.78 is 5.83. The molecular weight excluding hydrogens is 592 g/mol. The van der Waals surface area contributed by atoms with Crippen molar-refractivity contribution in [2.45, 2.75) is 43.9 Å². The molecular formula is C30H29ClN6O3S2. The van der Waals surface area contributed by atoms with Crippen LogP contribution in [0.25, 0.3) is 0 Å². The van der Waals surface area contributed by atoms with E-state index in [1.165, 1.54) is 30.2 Å². The highest BCUT2D eigenvalue weighted by atomic mass is 35.5. The third-order valence-electron chi connectivity index (χ3n) is 7.11. The number of Topliss-reactive ketones (excluding diaryl/α,β-unsaturated/α-hetero) is 1. The molecule has 3 N–H and O–H groups in total. The maximum Gasteiger partial charge on any atom is 0.234 e. The van der Waals surface area contributed by atoms with Crippen LogP contribution in [0.4, 0.5) is 10.8 Å². The summed E-state index contributed by atoms with van der Waals surface area (Å²) in [4.78, 5) is 28.1. The topological polar surface area (TPSA) is 134 Å². The lowest BCUT2D eigenvalue weighted by molar-refractivity contribution is -0.118. The largest absolute Gasteiger partial charge is 0.495 e. The van der Waals surface area contributed by atoms with Crippen LogP contribution in [0.1, 0.15) is 43.7 Å². The number of ketones is 1. The van der Waals surface area contributed by atoms with Gasteiger partial charge in [-0.1, -0.05) is 78.4 Å². The molecule has 1 atom stereocenters. The van der Waals surface area contributed by atoms with Gasteiger partial charge in [0.1, 0.15) is 11.6 Å². The van der Waals surface area contributed by atoms with Crippen LogP contribution in [0.5, 0.6) is 5.75 Å². The van der Waals surface area contributed by atoms with Gasteiger partial charge in [0, 0.05) is 22.7 Å². The van der Waals surface area contributed by atoms with Gasteiger partial charge in [-0.2, -0.15) is 5.26 Å². The number of ether oxygens (including phenoxy) is 1. The number of nitrogens with one attached hydrogen (secondary N) is 1. The van der Waals surface area contributed by atoms with Gasteiger partial charge in [0.25, 0.3) is 0 Å². The Labute approximate surface area is 257 Å². The van der Waals surface area contributed by atoms with Crippen molar-refractivity contribution in [2.24, 2.45) is 11.1 Å². The fraction of sp³-hybridized carbons (Fsp3) is 0.300. The van der Waals surface area contributed by atoms with E-state index in [1.54, 1.807) is 23.1 Å². The van der Waals surface area contributed by atoms with Crippen LogP contribution in [-0.2, 0) is 9.59 Å². The van der Waals surface area contributed by atoms with E-state index >= 15 is 0 Å². The van der Waals surface area contributed by atoms with Crippen molar-refractivity contribution < 1.29 is 14.3 Å². The number of halogens is 1. The molecule has 0 saturated carbocycles. The molecule has 1 aromatic heterocycles. The van der Waals surface area contributed by atoms with Crippen LogP contribution in [0.2, 0.25) is 5.02 Å². The molecule has 0 radical (unpaired) electrons. The second-order valence-electron chi connectivity index (χ2n) is 10.9. The SMILES string of the molecule is COc1ccc(Cl)cc1NC(=O)CSc1nnc(N2C(N)=C(C#N)C(c3cccc(C)c3)C3=C2CC(C)(C)CC3=O)s1. The molecule has 1 aliphatic carbocycles. The number of allylic oxidation sites excluding steroid dienone is 3. The van der Waals surface area contributed by atoms with E-state index in [2.05, 4.69) is 21.6 Å². The van der Waals surface area contributed by atoms with Gasteiger partial charge in [0.05, 0.1) is 36.1 Å². The number of rotatable bonds is 7. The molecule has 0 saturated heterocycles. The molecule has 216 valence electrons. The smallest absolute Gasteiger partial charge is 0.234 e. The minimum Gasteiger partial charge on any atom is -0.495 e. The lowest BCUT2D eigenvalue weighted by Crippen LogP contribution is -2.42. The molecule has 2 heterocycles. The van der Waals surface area contributed by atoms with Gasteiger partial charge in [-0.05, 0) is 42.5 Å². The summed E-state index contributed by atoms with van der Waals surface area (Å²) in [7, 11) is 1.51. The number of aromatic nitrogens is 2. The number of carbonyl (C=O) groups is 2. The zero-order valence-electron chi connectivity index (χ0n) is 23.5. The quantitative estimate of drug-likeness (QED) is 0.297. The number of amides is 1. The van der Waals surface area contributed by atoms with Crippen molar-refractivity contribution in [3.63, 3.8) is 0 Å². The third kappa shape index (κ3) is 5.88. The van der Waals surface area contributed by atoms with E-state index in [1.807, 2.05) is 45.0 Å². The molecule has 2 aliphatic rings. The molecule has 1 aliphatic heterocycles. The minimum atomic E-state index is -0.557. The number of nitriles is 1. The molecule has 2 aromatic carbocycles. The zero-order valence-corrected chi connectivity index (χ0v) is 25.9. The first kappa shape index (κ1) is 29.6. The maximum atomic E-state index is 13.7. The van der Waals surface area contributed by atoms with Crippen molar-refractivity contribution in [3.05, 3.63) is 81.3 Å². The first-order valence-corrected chi connectivity index (χ1v) is 15.3. The molecule has 9 nitrogen and oxygen atoms in total. The van der Waals surface area contributed by atoms with Crippen LogP contribution in [0.15, 0.2) is 69.5 Å². The van der Waals surface area contributed by atoms with Crippen LogP contribution < -0.4 is 20.7 Å². The highest BCUT2D eigenvalue weighted by Crippen LogP contribution is 2.50. The number of carbonyl (C=O) groups excluding carboxylic acids is 2. The summed E-state index contributed by atoms with van der Waals surface area (Å²) in [6, 6.07) is 15.1. The van der Waals surface area contributed by atoms with Gasteiger partial charge in [-0.25, -0.2) is 0 Å². The number of nitrogens with two attached hydrogens (primary N) is 1. The van der Waals surface area contributed by atoms with Crippen molar-refractivity contribution in [3.8, 4) is 11.8 Å². The van der Waals surface area contributed by atoms with Gasteiger partial charge < -0.3 is 15.8 Å². The standard InChI is InChI=1S/C30H29ClN6O3S2/c1-16-6-5-7-17(10-16)25-19(14-32)27(33)37(21-12-30(2,3)13-22(38)26(21)25)28-35-36-29(42-28)41-15-24(39)34-20-11-18(31)8-9-23(20)40-4/h5-11,25H,12-13,15,33H2,1-4H3,(H,34,39). The first-order chi connectivity index (χ1) is 20.0. The van der Waals surface area contributed by atoms with Crippen molar-refractivity contribution in [1.29, 1.82) is 5.26 Å². The van der Waals surface area contributed by atoms with E-state index in [-0.39, 0.29) is 28.7 Å². The number of anilines is 2. The summed E-state index contributed by atoms with van der Waals surface area (Å²) >= 11 is 8.53. The lowest BCUT2D eigenvalue weighted by Gasteiger charge is -2.42. The fourth-order valence-corrected chi connectivity index (χ4v) is 7.21. The summed E-state index contributed by atoms with van der Waals surface area (Å²) in [5, 5.41) is 22.6. The molecule has 1 unspecified atom stereocenters. The molecule has 12 heteroatoms. The average Bonchev–Trinajstić information content (AvgIpc) is 3.39. The number of nitrogens with zero attached hydrogens (tertiary/aromatic N) is 4. The summed E-state index contributed by atoms with van der Waals surface area (Å²) in [5.41, 5.74) is 10.4. The normalized spacial score (nSPS) is 18.0. The minimum absolute atomic E-state index is 0.00904. The highest BCUT2D eigenvalue weighted by molar-refractivity contribution is 8.01. The maximum absolute atomic E-state index is 13.7. The Kier molecular flexibility index (Phi) is 8.32. The molecule has 0 fully saturated rings. The number of aryl methyl sites for hydroxylation is 1. The average molecular weight is 621 g/mol. The van der Waals surface area contributed by atoms with Crippen LogP contribution in [0, 0.1) is 23.7 Å². The van der Waals surface area contributed by atoms with Crippen LogP contribution in [-0.4, -0.2) is 34.8 Å². The van der Waals surface area contributed by atoms with Gasteiger partial charge in [0.15, 0.2) is 10.1 Å². The second kappa shape index (κ2) is 11.8. The van der Waals surface area contributed by atoms with Crippen molar-refractivity contribution in [1.82, 2.24) is 10.2 Å². The number of hydrogen-bond acceptors (Lipinski definition) is 10. The first-order valence-electron chi connectivity index (χ1n) is 13.1. The van der Waals surface area contributed by atoms with E-state index < -0.39 is 5.92 Å². The summed E-state index contributed by atoms with van der Waals surface area (Å²) in [5.74, 6) is -0.0501. The molecule has 3 aromatic rings. The number of methoxy groups -OCH3 is 1. The highest BCUT2D eigenvalue weighted by Gasteiger charge is 2.45. The summed E-state index contributed by atoms with van der Waals surface area (Å²) in [6.07, 6.45) is 0.937. The molecule has 42 heavy (non-hydrogen) atoms. The Balaban J connectivity index is 1.45. The van der Waals surface area contributed by atoms with Gasteiger partial charge in [-0.3, -0.25) is 14.5 Å². The monoisotopic (exact) mass is 620 g/mol. The number of benzene rings is 2. The van der Waals surface area contributed by atoms with Gasteiger partial charge in [0.2, 0.25) is 11.0 Å². The molecule has 0 bridgehead atoms. The van der Waals surface area contributed by atoms with E-state index in [0.717, 1.165) is 16.8 Å². The zero-order chi connectivity index (χ0) is 30.2. The molecule has 1 amide bonds. The van der Waals surface area contributed by atoms with E-state index in [0.29, 0.717) is 49.9 Å². The third-order valence-corrected chi connectivity index (χ3v) is 9.38. The van der Waals surface area contributed by atoms with Crippen LogP contribution in [0.3, 0.4) is 0 Å². The van der Waals surface area contributed by atoms with Gasteiger partial charge >= 0.3 is 0 Å². The van der Waals surface area contributed by atoms with Crippen molar-refractivity contribution >= 4 is 57.2 Å². The van der Waals surface area contributed by atoms with E-state index in [4.69, 9.17) is 22.1 Å². The fourth-order valence-electron chi connectivity index (χ4n) is 5.35. The number of thioether (sulfide) groups is 1. The molecule has 5 rings (SSSR count). The Morgan fingerprint density at radius 2 is 2.07 bits per heavy atom. The predicted octanol–water partition coefficient (Wildman–Crippen LogP) is 6.18. The second-order valence-corrected chi connectivity index (χ2v) is 13.5. The number of hydrogen-bond donors (Lipinski definition) is 2. The predicted molar refractivity (Wildman–Crippen MR) is 166 cm³/mol.